The van der Waals surface area contributed by atoms with Crippen molar-refractivity contribution >= 4 is 45.6 Å². The minimum Gasteiger partial charge on any atom is -0.383 e. The number of amides is 2. The molecule has 0 radical (unpaired) electrons. The Labute approximate surface area is 159 Å². The molecule has 3 aromatic rings. The number of pyridine rings is 1. The van der Waals surface area contributed by atoms with Gasteiger partial charge in [0.05, 0.1) is 35.0 Å². The van der Waals surface area contributed by atoms with Crippen molar-refractivity contribution in [3.63, 3.8) is 0 Å². The number of aromatic amines is 1. The van der Waals surface area contributed by atoms with Gasteiger partial charge in [-0.3, -0.25) is 14.7 Å². The van der Waals surface area contributed by atoms with Gasteiger partial charge in [0.2, 0.25) is 0 Å². The van der Waals surface area contributed by atoms with Crippen LogP contribution in [-0.2, 0) is 9.59 Å². The molecule has 0 saturated carbocycles. The predicted octanol–water partition coefficient (Wildman–Crippen LogP) is 2.54. The van der Waals surface area contributed by atoms with Crippen LogP contribution < -0.4 is 11.1 Å². The standard InChI is InChI=1S/C18H20N6O2S/c1-10-4-5-13(14-3-2-6-27-14)24(9-10)18(26)17(25)22-12-8-20-16(19)11-7-21-23-15(11)12/h2-3,6-8,10,13H,4-5,9H2,1H3,(H2,19,20)(H,21,23)(H,22,25)/t10-,13+/m1/s1. The number of nitrogens with one attached hydrogen (secondary N) is 2. The van der Waals surface area contributed by atoms with Crippen LogP contribution >= 0.6 is 11.3 Å². The third kappa shape index (κ3) is 3.25. The number of rotatable bonds is 2. The Balaban J connectivity index is 1.57. The van der Waals surface area contributed by atoms with Gasteiger partial charge in [0.25, 0.3) is 0 Å². The van der Waals surface area contributed by atoms with E-state index in [1.807, 2.05) is 17.5 Å². The topological polar surface area (TPSA) is 117 Å². The lowest BCUT2D eigenvalue weighted by Crippen LogP contribution is -2.46. The Kier molecular flexibility index (Phi) is 4.53. The average molecular weight is 384 g/mol. The number of hydrogen-bond acceptors (Lipinski definition) is 6. The highest BCUT2D eigenvalue weighted by Gasteiger charge is 2.34. The second-order valence-corrected chi connectivity index (χ2v) is 7.82. The van der Waals surface area contributed by atoms with Gasteiger partial charge in [-0.05, 0) is 30.2 Å². The zero-order chi connectivity index (χ0) is 19.0. The van der Waals surface area contributed by atoms with E-state index in [0.29, 0.717) is 34.9 Å². The van der Waals surface area contributed by atoms with Crippen LogP contribution in [0.15, 0.2) is 29.9 Å². The lowest BCUT2D eigenvalue weighted by Gasteiger charge is -2.37. The minimum atomic E-state index is -0.687. The van der Waals surface area contributed by atoms with Crippen molar-refractivity contribution in [1.29, 1.82) is 0 Å². The molecule has 4 rings (SSSR count). The maximum atomic E-state index is 12.9. The fraction of sp³-hybridized carbons (Fsp3) is 0.333. The number of anilines is 2. The van der Waals surface area contributed by atoms with Crippen molar-refractivity contribution in [3.8, 4) is 0 Å². The van der Waals surface area contributed by atoms with E-state index in [1.165, 1.54) is 12.4 Å². The molecule has 2 atom stereocenters. The van der Waals surface area contributed by atoms with E-state index >= 15 is 0 Å². The van der Waals surface area contributed by atoms with E-state index in [1.54, 1.807) is 16.2 Å². The summed E-state index contributed by atoms with van der Waals surface area (Å²) in [6.45, 7) is 2.66. The number of nitrogens with zero attached hydrogens (tertiary/aromatic N) is 3. The van der Waals surface area contributed by atoms with Crippen molar-refractivity contribution in [2.24, 2.45) is 5.92 Å². The molecule has 1 fully saturated rings. The number of likely N-dealkylation sites (tertiary alicyclic amines) is 1. The largest absolute Gasteiger partial charge is 0.383 e. The molecule has 0 aromatic carbocycles. The van der Waals surface area contributed by atoms with E-state index in [4.69, 9.17) is 5.73 Å². The molecule has 1 saturated heterocycles. The maximum Gasteiger partial charge on any atom is 0.314 e. The summed E-state index contributed by atoms with van der Waals surface area (Å²) >= 11 is 1.61. The minimum absolute atomic E-state index is 0.0591. The second kappa shape index (κ2) is 6.99. The number of carbonyl (C=O) groups is 2. The lowest BCUT2D eigenvalue weighted by molar-refractivity contribution is -0.146. The summed E-state index contributed by atoms with van der Waals surface area (Å²) in [5, 5.41) is 12.0. The third-order valence-electron chi connectivity index (χ3n) is 4.91. The fourth-order valence-corrected chi connectivity index (χ4v) is 4.38. The van der Waals surface area contributed by atoms with E-state index in [0.717, 1.165) is 17.7 Å². The van der Waals surface area contributed by atoms with Gasteiger partial charge in [0.15, 0.2) is 0 Å². The van der Waals surface area contributed by atoms with Crippen molar-refractivity contribution < 1.29 is 9.59 Å². The third-order valence-corrected chi connectivity index (χ3v) is 5.88. The van der Waals surface area contributed by atoms with Gasteiger partial charge in [-0.1, -0.05) is 13.0 Å². The summed E-state index contributed by atoms with van der Waals surface area (Å²) in [5.74, 6) is -0.557. The first-order valence-electron chi connectivity index (χ1n) is 8.77. The summed E-state index contributed by atoms with van der Waals surface area (Å²) in [6, 6.07) is 3.92. The predicted molar refractivity (Wildman–Crippen MR) is 104 cm³/mol. The van der Waals surface area contributed by atoms with Crippen molar-refractivity contribution in [1.82, 2.24) is 20.1 Å². The number of fused-ring (bicyclic) bond motifs is 1. The van der Waals surface area contributed by atoms with E-state index in [-0.39, 0.29) is 6.04 Å². The van der Waals surface area contributed by atoms with Gasteiger partial charge in [-0.15, -0.1) is 11.3 Å². The number of nitrogen functional groups attached to an aromatic ring is 1. The zero-order valence-electron chi connectivity index (χ0n) is 14.8. The first kappa shape index (κ1) is 17.5. The molecule has 0 aliphatic carbocycles. The van der Waals surface area contributed by atoms with Crippen molar-refractivity contribution in [2.45, 2.75) is 25.8 Å². The zero-order valence-corrected chi connectivity index (χ0v) is 15.6. The number of aromatic nitrogens is 3. The normalized spacial score (nSPS) is 20.0. The summed E-state index contributed by atoms with van der Waals surface area (Å²) in [6.07, 6.45) is 4.85. The van der Waals surface area contributed by atoms with Crippen LogP contribution in [-0.4, -0.2) is 38.4 Å². The Morgan fingerprint density at radius 3 is 3.00 bits per heavy atom. The molecule has 9 heteroatoms. The summed E-state index contributed by atoms with van der Waals surface area (Å²) < 4.78 is 0. The molecule has 27 heavy (non-hydrogen) atoms. The Morgan fingerprint density at radius 2 is 2.22 bits per heavy atom. The van der Waals surface area contributed by atoms with Gasteiger partial charge in [-0.25, -0.2) is 4.98 Å². The average Bonchev–Trinajstić information content (AvgIpc) is 3.35. The Bertz CT molecular complexity index is 983. The molecular formula is C18H20N6O2S. The summed E-state index contributed by atoms with van der Waals surface area (Å²) in [4.78, 5) is 32.5. The Hall–Kier alpha value is -2.94. The molecule has 8 nitrogen and oxygen atoms in total. The summed E-state index contributed by atoms with van der Waals surface area (Å²) in [7, 11) is 0. The summed E-state index contributed by atoms with van der Waals surface area (Å²) in [5.41, 5.74) is 6.74. The molecular weight excluding hydrogens is 364 g/mol. The van der Waals surface area contributed by atoms with Crippen LogP contribution in [0, 0.1) is 5.92 Å². The lowest BCUT2D eigenvalue weighted by atomic mass is 9.93. The fourth-order valence-electron chi connectivity index (χ4n) is 3.51. The molecule has 0 unspecified atom stereocenters. The van der Waals surface area contributed by atoms with E-state index in [2.05, 4.69) is 27.4 Å². The quantitative estimate of drug-likeness (QED) is 0.587. The van der Waals surface area contributed by atoms with Crippen LogP contribution in [0.4, 0.5) is 11.5 Å². The van der Waals surface area contributed by atoms with Gasteiger partial charge in [0, 0.05) is 11.4 Å². The molecule has 2 amide bonds. The number of nitrogens with two attached hydrogens (primary N) is 1. The molecule has 0 spiro atoms. The number of H-pyrrole nitrogens is 1. The smallest absolute Gasteiger partial charge is 0.314 e. The molecule has 140 valence electrons. The van der Waals surface area contributed by atoms with Gasteiger partial charge >= 0.3 is 11.8 Å². The van der Waals surface area contributed by atoms with Gasteiger partial charge < -0.3 is 16.0 Å². The number of piperidine rings is 1. The highest BCUT2D eigenvalue weighted by Crippen LogP contribution is 2.35. The first-order chi connectivity index (χ1) is 13.0. The molecule has 3 aromatic heterocycles. The van der Waals surface area contributed by atoms with Crippen LogP contribution in [0.5, 0.6) is 0 Å². The van der Waals surface area contributed by atoms with Crippen molar-refractivity contribution in [3.05, 3.63) is 34.8 Å². The molecule has 4 N–H and O–H groups in total. The maximum absolute atomic E-state index is 12.9. The number of hydrogen-bond donors (Lipinski definition) is 3. The highest BCUT2D eigenvalue weighted by molar-refractivity contribution is 7.10. The molecule has 4 heterocycles. The monoisotopic (exact) mass is 384 g/mol. The Morgan fingerprint density at radius 1 is 1.37 bits per heavy atom. The first-order valence-corrected chi connectivity index (χ1v) is 9.65. The van der Waals surface area contributed by atoms with E-state index in [9.17, 15) is 9.59 Å². The second-order valence-electron chi connectivity index (χ2n) is 6.84. The van der Waals surface area contributed by atoms with Gasteiger partial charge in [0.1, 0.15) is 5.82 Å². The highest BCUT2D eigenvalue weighted by atomic mass is 32.1. The van der Waals surface area contributed by atoms with Crippen LogP contribution in [0.25, 0.3) is 10.9 Å². The van der Waals surface area contributed by atoms with E-state index < -0.39 is 11.8 Å². The molecule has 0 bridgehead atoms. The van der Waals surface area contributed by atoms with Gasteiger partial charge in [-0.2, -0.15) is 5.10 Å². The SMILES string of the molecule is C[C@@H]1CC[C@@H](c2cccs2)N(C(=O)C(=O)Nc2cnc(N)c3cn[nH]c23)C1. The molecule has 1 aliphatic heterocycles. The van der Waals surface area contributed by atoms with Crippen LogP contribution in [0.1, 0.15) is 30.7 Å². The van der Waals surface area contributed by atoms with Crippen LogP contribution in [0.2, 0.25) is 0 Å². The van der Waals surface area contributed by atoms with Crippen molar-refractivity contribution in [2.75, 3.05) is 17.6 Å². The van der Waals surface area contributed by atoms with Crippen LogP contribution in [0.3, 0.4) is 0 Å². The number of carbonyl (C=O) groups excluding carboxylic acids is 2. The molecule has 1 aliphatic rings. The number of thiophene rings is 1.